The van der Waals surface area contributed by atoms with Gasteiger partial charge in [-0.05, 0) is 38.5 Å². The molecule has 3 aromatic rings. The molecule has 1 aromatic carbocycles. The lowest BCUT2D eigenvalue weighted by Crippen LogP contribution is -2.30. The summed E-state index contributed by atoms with van der Waals surface area (Å²) in [4.78, 5) is 21.1. The van der Waals surface area contributed by atoms with Gasteiger partial charge in [-0.2, -0.15) is 4.98 Å². The Morgan fingerprint density at radius 1 is 1.32 bits per heavy atom. The summed E-state index contributed by atoms with van der Waals surface area (Å²) in [5.41, 5.74) is 2.73. The third-order valence-electron chi connectivity index (χ3n) is 3.66. The van der Waals surface area contributed by atoms with Crippen molar-refractivity contribution in [3.63, 3.8) is 0 Å². The second-order valence-electron chi connectivity index (χ2n) is 5.71. The van der Waals surface area contributed by atoms with Crippen molar-refractivity contribution in [3.05, 3.63) is 52.3 Å². The number of aromatic nitrogens is 4. The number of thioether (sulfide) groups is 1. The van der Waals surface area contributed by atoms with Gasteiger partial charge in [-0.3, -0.25) is 4.79 Å². The van der Waals surface area contributed by atoms with E-state index in [-0.39, 0.29) is 11.2 Å². The van der Waals surface area contributed by atoms with Gasteiger partial charge in [0.1, 0.15) is 0 Å². The fraction of sp³-hybridized carbons (Fsp3) is 0.294. The number of rotatable bonds is 5. The molecule has 25 heavy (non-hydrogen) atoms. The summed E-state index contributed by atoms with van der Waals surface area (Å²) in [6, 6.07) is 9.39. The van der Waals surface area contributed by atoms with Crippen molar-refractivity contribution in [2.75, 3.05) is 0 Å². The zero-order chi connectivity index (χ0) is 18.0. The SMILES string of the molecule is Cc1cc(C)n2nc(SC(C)C(=O)NCc3ccccc3Cl)nc2n1. The Morgan fingerprint density at radius 3 is 2.84 bits per heavy atom. The maximum Gasteiger partial charge on any atom is 0.253 e. The number of nitrogens with zero attached hydrogens (tertiary/aromatic N) is 4. The number of amides is 1. The second kappa shape index (κ2) is 7.41. The molecular weight excluding hydrogens is 358 g/mol. The van der Waals surface area contributed by atoms with Crippen LogP contribution in [0.4, 0.5) is 0 Å². The van der Waals surface area contributed by atoms with Gasteiger partial charge in [-0.15, -0.1) is 5.10 Å². The van der Waals surface area contributed by atoms with Crippen molar-refractivity contribution in [1.82, 2.24) is 24.9 Å². The minimum absolute atomic E-state index is 0.0929. The van der Waals surface area contributed by atoms with Crippen molar-refractivity contribution in [1.29, 1.82) is 0 Å². The fourth-order valence-corrected chi connectivity index (χ4v) is 3.35. The van der Waals surface area contributed by atoms with E-state index >= 15 is 0 Å². The Morgan fingerprint density at radius 2 is 2.08 bits per heavy atom. The predicted molar refractivity (Wildman–Crippen MR) is 98.9 cm³/mol. The Labute approximate surface area is 155 Å². The van der Waals surface area contributed by atoms with Crippen LogP contribution in [-0.4, -0.2) is 30.7 Å². The van der Waals surface area contributed by atoms with Crippen LogP contribution in [0.15, 0.2) is 35.5 Å². The summed E-state index contributed by atoms with van der Waals surface area (Å²) in [7, 11) is 0. The first-order chi connectivity index (χ1) is 11.9. The molecule has 1 unspecified atom stereocenters. The molecule has 0 saturated carbocycles. The number of halogens is 1. The Kier molecular flexibility index (Phi) is 5.24. The van der Waals surface area contributed by atoms with Gasteiger partial charge in [0.15, 0.2) is 0 Å². The van der Waals surface area contributed by atoms with Gasteiger partial charge < -0.3 is 5.32 Å². The van der Waals surface area contributed by atoms with E-state index in [1.165, 1.54) is 11.8 Å². The lowest BCUT2D eigenvalue weighted by molar-refractivity contribution is -0.120. The Hall–Kier alpha value is -2.12. The fourth-order valence-electron chi connectivity index (χ4n) is 2.38. The molecular formula is C17H18ClN5OS. The van der Waals surface area contributed by atoms with Crippen LogP contribution >= 0.6 is 23.4 Å². The van der Waals surface area contributed by atoms with E-state index in [1.54, 1.807) is 10.6 Å². The monoisotopic (exact) mass is 375 g/mol. The summed E-state index contributed by atoms with van der Waals surface area (Å²) < 4.78 is 1.68. The highest BCUT2D eigenvalue weighted by Gasteiger charge is 2.18. The second-order valence-corrected chi connectivity index (χ2v) is 7.43. The number of carbonyl (C=O) groups excluding carboxylic acids is 1. The zero-order valence-electron chi connectivity index (χ0n) is 14.2. The summed E-state index contributed by atoms with van der Waals surface area (Å²) in [6.07, 6.45) is 0. The molecule has 1 N–H and O–H groups in total. The predicted octanol–water partition coefficient (Wildman–Crippen LogP) is 3.19. The van der Waals surface area contributed by atoms with Crippen molar-refractivity contribution in [2.45, 2.75) is 37.7 Å². The first-order valence-electron chi connectivity index (χ1n) is 7.83. The molecule has 0 saturated heterocycles. The highest BCUT2D eigenvalue weighted by Crippen LogP contribution is 2.21. The third-order valence-corrected chi connectivity index (χ3v) is 4.98. The Bertz CT molecular complexity index is 927. The van der Waals surface area contributed by atoms with Crippen LogP contribution in [0, 0.1) is 13.8 Å². The average Bonchev–Trinajstić information content (AvgIpc) is 2.96. The van der Waals surface area contributed by atoms with E-state index in [1.807, 2.05) is 45.0 Å². The van der Waals surface area contributed by atoms with Gasteiger partial charge >= 0.3 is 0 Å². The number of fused-ring (bicyclic) bond motifs is 1. The summed E-state index contributed by atoms with van der Waals surface area (Å²) in [5.74, 6) is 0.452. The minimum atomic E-state index is -0.332. The van der Waals surface area contributed by atoms with Gasteiger partial charge in [-0.1, -0.05) is 41.6 Å². The van der Waals surface area contributed by atoms with E-state index in [9.17, 15) is 4.79 Å². The lowest BCUT2D eigenvalue weighted by Gasteiger charge is -2.10. The normalized spacial score (nSPS) is 12.3. The van der Waals surface area contributed by atoms with Crippen molar-refractivity contribution >= 4 is 35.0 Å². The zero-order valence-corrected chi connectivity index (χ0v) is 15.7. The first-order valence-corrected chi connectivity index (χ1v) is 9.08. The standard InChI is InChI=1S/C17H18ClN5OS/c1-10-8-11(2)23-16(20-10)21-17(22-23)25-12(3)15(24)19-9-13-6-4-5-7-14(13)18/h4-8,12H,9H2,1-3H3,(H,19,24). The van der Waals surface area contributed by atoms with Crippen LogP contribution in [0.1, 0.15) is 23.9 Å². The molecule has 0 bridgehead atoms. The van der Waals surface area contributed by atoms with Gasteiger partial charge in [-0.25, -0.2) is 9.50 Å². The number of carbonyl (C=O) groups is 1. The van der Waals surface area contributed by atoms with Gasteiger partial charge in [0, 0.05) is 23.0 Å². The molecule has 6 nitrogen and oxygen atoms in total. The average molecular weight is 376 g/mol. The molecule has 2 aromatic heterocycles. The van der Waals surface area contributed by atoms with Crippen LogP contribution in [0.2, 0.25) is 5.02 Å². The maximum absolute atomic E-state index is 12.3. The summed E-state index contributed by atoms with van der Waals surface area (Å²) in [6.45, 7) is 6.08. The van der Waals surface area contributed by atoms with E-state index < -0.39 is 0 Å². The molecule has 0 fully saturated rings. The molecule has 0 spiro atoms. The molecule has 0 aliphatic carbocycles. The number of aryl methyl sites for hydroxylation is 2. The molecule has 1 atom stereocenters. The largest absolute Gasteiger partial charge is 0.351 e. The topological polar surface area (TPSA) is 72.2 Å². The number of nitrogens with one attached hydrogen (secondary N) is 1. The molecule has 0 aliphatic rings. The van der Waals surface area contributed by atoms with Crippen molar-refractivity contribution < 1.29 is 4.79 Å². The number of benzene rings is 1. The van der Waals surface area contributed by atoms with E-state index in [4.69, 9.17) is 11.6 Å². The third kappa shape index (κ3) is 4.11. The minimum Gasteiger partial charge on any atom is -0.351 e. The molecule has 2 heterocycles. The Balaban J connectivity index is 1.65. The smallest absolute Gasteiger partial charge is 0.253 e. The van der Waals surface area contributed by atoms with Crippen LogP contribution in [0.25, 0.3) is 5.78 Å². The van der Waals surface area contributed by atoms with Crippen molar-refractivity contribution in [2.24, 2.45) is 0 Å². The van der Waals surface area contributed by atoms with Crippen LogP contribution in [0.5, 0.6) is 0 Å². The molecule has 130 valence electrons. The highest BCUT2D eigenvalue weighted by atomic mass is 35.5. The molecule has 3 rings (SSSR count). The van der Waals surface area contributed by atoms with E-state index in [0.29, 0.717) is 22.5 Å². The van der Waals surface area contributed by atoms with Crippen LogP contribution in [0.3, 0.4) is 0 Å². The number of hydrogen-bond donors (Lipinski definition) is 1. The van der Waals surface area contributed by atoms with E-state index in [2.05, 4.69) is 20.4 Å². The first kappa shape index (κ1) is 17.7. The number of hydrogen-bond acceptors (Lipinski definition) is 5. The van der Waals surface area contributed by atoms with Crippen LogP contribution in [-0.2, 0) is 11.3 Å². The van der Waals surface area contributed by atoms with Crippen molar-refractivity contribution in [3.8, 4) is 0 Å². The summed E-state index contributed by atoms with van der Waals surface area (Å²) >= 11 is 7.41. The van der Waals surface area contributed by atoms with E-state index in [0.717, 1.165) is 17.0 Å². The molecule has 8 heteroatoms. The van der Waals surface area contributed by atoms with Gasteiger partial charge in [0.05, 0.1) is 5.25 Å². The molecule has 0 aliphatic heterocycles. The maximum atomic E-state index is 12.3. The van der Waals surface area contributed by atoms with Gasteiger partial charge in [0.25, 0.3) is 5.78 Å². The summed E-state index contributed by atoms with van der Waals surface area (Å²) in [5, 5.41) is 8.14. The van der Waals surface area contributed by atoms with Gasteiger partial charge in [0.2, 0.25) is 11.1 Å². The lowest BCUT2D eigenvalue weighted by atomic mass is 10.2. The molecule has 0 radical (unpaired) electrons. The quantitative estimate of drug-likeness (QED) is 0.693. The molecule has 1 amide bonds. The highest BCUT2D eigenvalue weighted by molar-refractivity contribution is 8.00. The van der Waals surface area contributed by atoms with Crippen LogP contribution < -0.4 is 5.32 Å².